The average molecular weight is 369 g/mol. The predicted octanol–water partition coefficient (Wildman–Crippen LogP) is 3.32. The highest BCUT2D eigenvalue weighted by Gasteiger charge is 2.26. The topological polar surface area (TPSA) is 49.9 Å². The second-order valence-corrected chi connectivity index (χ2v) is 7.10. The molecule has 0 radical (unpaired) electrons. The number of rotatable bonds is 2. The van der Waals surface area contributed by atoms with Crippen LogP contribution < -0.4 is 4.90 Å². The highest BCUT2D eigenvalue weighted by molar-refractivity contribution is 9.10. The maximum atomic E-state index is 12.1. The van der Waals surface area contributed by atoms with Crippen LogP contribution in [0, 0.1) is 0 Å². The zero-order valence-corrected chi connectivity index (χ0v) is 14.7. The summed E-state index contributed by atoms with van der Waals surface area (Å²) in [6.07, 6.45) is 0.580. The molecule has 22 heavy (non-hydrogen) atoms. The van der Waals surface area contributed by atoms with E-state index in [2.05, 4.69) is 20.8 Å². The van der Waals surface area contributed by atoms with Crippen LogP contribution in [0.4, 0.5) is 10.5 Å². The first-order valence-electron chi connectivity index (χ1n) is 7.28. The number of hydrogen-bond donors (Lipinski definition) is 0. The number of ether oxygens (including phenoxy) is 1. The van der Waals surface area contributed by atoms with Gasteiger partial charge in [-0.25, -0.2) is 4.79 Å². The van der Waals surface area contributed by atoms with E-state index >= 15 is 0 Å². The zero-order chi connectivity index (χ0) is 16.3. The first-order chi connectivity index (χ1) is 10.3. The molecule has 1 fully saturated rings. The highest BCUT2D eigenvalue weighted by Crippen LogP contribution is 2.27. The smallest absolute Gasteiger partial charge is 0.410 e. The van der Waals surface area contributed by atoms with Gasteiger partial charge in [0.2, 0.25) is 0 Å². The summed E-state index contributed by atoms with van der Waals surface area (Å²) >= 11 is 3.40. The highest BCUT2D eigenvalue weighted by atomic mass is 79.9. The monoisotopic (exact) mass is 368 g/mol. The molecule has 0 unspecified atom stereocenters. The van der Waals surface area contributed by atoms with Gasteiger partial charge in [-0.1, -0.05) is 6.07 Å². The van der Waals surface area contributed by atoms with E-state index in [9.17, 15) is 9.59 Å². The maximum Gasteiger partial charge on any atom is 0.410 e. The van der Waals surface area contributed by atoms with Crippen molar-refractivity contribution in [3.05, 3.63) is 28.2 Å². The largest absolute Gasteiger partial charge is 0.444 e. The number of halogens is 1. The van der Waals surface area contributed by atoms with Crippen LogP contribution in [0.25, 0.3) is 0 Å². The fourth-order valence-corrected chi connectivity index (χ4v) is 2.82. The zero-order valence-electron chi connectivity index (χ0n) is 13.1. The molecule has 1 saturated heterocycles. The number of piperazine rings is 1. The van der Waals surface area contributed by atoms with Gasteiger partial charge in [-0.2, -0.15) is 0 Å². The van der Waals surface area contributed by atoms with Crippen molar-refractivity contribution in [3.63, 3.8) is 0 Å². The van der Waals surface area contributed by atoms with Gasteiger partial charge in [0.05, 0.1) is 5.56 Å². The molecule has 1 heterocycles. The quantitative estimate of drug-likeness (QED) is 0.751. The third kappa shape index (κ3) is 4.00. The van der Waals surface area contributed by atoms with Gasteiger partial charge in [0.15, 0.2) is 6.29 Å². The number of anilines is 1. The number of hydrogen-bond acceptors (Lipinski definition) is 4. The van der Waals surface area contributed by atoms with E-state index in [1.54, 1.807) is 4.90 Å². The molecule has 1 aromatic rings. The van der Waals surface area contributed by atoms with Crippen LogP contribution in [0.15, 0.2) is 22.7 Å². The van der Waals surface area contributed by atoms with Crippen LogP contribution in [0.2, 0.25) is 0 Å². The standard InChI is InChI=1S/C16H21BrN2O3/c1-16(2,3)22-15(21)19-9-7-18(8-10-19)14-6-4-5-13(17)12(14)11-20/h4-6,11H,7-10H2,1-3H3. The number of amides is 1. The van der Waals surface area contributed by atoms with Gasteiger partial charge in [-0.15, -0.1) is 0 Å². The molecule has 0 aliphatic carbocycles. The molecule has 5 nitrogen and oxygen atoms in total. The van der Waals surface area contributed by atoms with Gasteiger partial charge in [0.25, 0.3) is 0 Å². The van der Waals surface area contributed by atoms with Crippen LogP contribution in [-0.2, 0) is 4.74 Å². The average Bonchev–Trinajstić information content (AvgIpc) is 2.45. The van der Waals surface area contributed by atoms with Crippen molar-refractivity contribution >= 4 is 34.0 Å². The molecule has 1 aliphatic rings. The van der Waals surface area contributed by atoms with Crippen LogP contribution >= 0.6 is 15.9 Å². The van der Waals surface area contributed by atoms with E-state index in [1.165, 1.54) is 0 Å². The minimum atomic E-state index is -0.483. The van der Waals surface area contributed by atoms with Gasteiger partial charge < -0.3 is 14.5 Å². The second-order valence-electron chi connectivity index (χ2n) is 6.24. The van der Waals surface area contributed by atoms with Gasteiger partial charge in [-0.05, 0) is 48.8 Å². The summed E-state index contributed by atoms with van der Waals surface area (Å²) in [5, 5.41) is 0. The SMILES string of the molecule is CC(C)(C)OC(=O)N1CCN(c2cccc(Br)c2C=O)CC1. The van der Waals surface area contributed by atoms with E-state index < -0.39 is 5.60 Å². The summed E-state index contributed by atoms with van der Waals surface area (Å²) in [7, 11) is 0. The van der Waals surface area contributed by atoms with Crippen molar-refractivity contribution in [3.8, 4) is 0 Å². The molecule has 1 aliphatic heterocycles. The van der Waals surface area contributed by atoms with Crippen molar-refractivity contribution in [1.29, 1.82) is 0 Å². The molecule has 0 bridgehead atoms. The molecule has 0 saturated carbocycles. The molecule has 0 spiro atoms. The van der Waals surface area contributed by atoms with Crippen LogP contribution in [0.1, 0.15) is 31.1 Å². The van der Waals surface area contributed by atoms with Crippen molar-refractivity contribution < 1.29 is 14.3 Å². The second kappa shape index (κ2) is 6.69. The lowest BCUT2D eigenvalue weighted by atomic mass is 10.1. The minimum Gasteiger partial charge on any atom is -0.444 e. The van der Waals surface area contributed by atoms with E-state index in [0.29, 0.717) is 31.7 Å². The van der Waals surface area contributed by atoms with Crippen LogP contribution in [-0.4, -0.2) is 49.1 Å². The van der Waals surface area contributed by atoms with E-state index in [1.807, 2.05) is 39.0 Å². The van der Waals surface area contributed by atoms with Crippen LogP contribution in [0.3, 0.4) is 0 Å². The number of aldehydes is 1. The Morgan fingerprint density at radius 1 is 1.23 bits per heavy atom. The lowest BCUT2D eigenvalue weighted by Crippen LogP contribution is -2.50. The van der Waals surface area contributed by atoms with Crippen molar-refractivity contribution in [1.82, 2.24) is 4.90 Å². The van der Waals surface area contributed by atoms with E-state index in [0.717, 1.165) is 16.4 Å². The molecule has 1 amide bonds. The van der Waals surface area contributed by atoms with Gasteiger partial charge in [0, 0.05) is 36.3 Å². The summed E-state index contributed by atoms with van der Waals surface area (Å²) in [5.41, 5.74) is 1.06. The van der Waals surface area contributed by atoms with Crippen molar-refractivity contribution in [2.45, 2.75) is 26.4 Å². The third-order valence-electron chi connectivity index (χ3n) is 3.42. The fraction of sp³-hybridized carbons (Fsp3) is 0.500. The molecule has 6 heteroatoms. The summed E-state index contributed by atoms with van der Waals surface area (Å²) in [6.45, 7) is 8.10. The first-order valence-corrected chi connectivity index (χ1v) is 8.07. The van der Waals surface area contributed by atoms with E-state index in [4.69, 9.17) is 4.74 Å². The molecular formula is C16H21BrN2O3. The Balaban J connectivity index is 2.02. The Morgan fingerprint density at radius 2 is 1.86 bits per heavy atom. The lowest BCUT2D eigenvalue weighted by Gasteiger charge is -2.37. The lowest BCUT2D eigenvalue weighted by molar-refractivity contribution is 0.0240. The van der Waals surface area contributed by atoms with Gasteiger partial charge in [0.1, 0.15) is 5.60 Å². The van der Waals surface area contributed by atoms with Gasteiger partial charge in [-0.3, -0.25) is 4.79 Å². The van der Waals surface area contributed by atoms with Crippen molar-refractivity contribution in [2.75, 3.05) is 31.1 Å². The third-order valence-corrected chi connectivity index (χ3v) is 4.11. The number of carbonyl (C=O) groups is 2. The van der Waals surface area contributed by atoms with E-state index in [-0.39, 0.29) is 6.09 Å². The van der Waals surface area contributed by atoms with Crippen molar-refractivity contribution in [2.24, 2.45) is 0 Å². The Kier molecular flexibility index (Phi) is 5.11. The van der Waals surface area contributed by atoms with Gasteiger partial charge >= 0.3 is 6.09 Å². The summed E-state index contributed by atoms with van der Waals surface area (Å²) < 4.78 is 6.17. The fourth-order valence-electron chi connectivity index (χ4n) is 2.37. The Morgan fingerprint density at radius 3 is 2.41 bits per heavy atom. The number of carbonyl (C=O) groups excluding carboxylic acids is 2. The number of nitrogens with zero attached hydrogens (tertiary/aromatic N) is 2. The Bertz CT molecular complexity index is 561. The summed E-state index contributed by atoms with van der Waals surface area (Å²) in [6, 6.07) is 5.69. The first kappa shape index (κ1) is 16.8. The summed E-state index contributed by atoms with van der Waals surface area (Å²) in [5.74, 6) is 0. The number of benzene rings is 1. The molecular weight excluding hydrogens is 348 g/mol. The molecule has 2 rings (SSSR count). The normalized spacial score (nSPS) is 15.6. The van der Waals surface area contributed by atoms with Crippen LogP contribution in [0.5, 0.6) is 0 Å². The summed E-state index contributed by atoms with van der Waals surface area (Å²) in [4.78, 5) is 27.2. The predicted molar refractivity (Wildman–Crippen MR) is 89.5 cm³/mol. The molecule has 0 N–H and O–H groups in total. The maximum absolute atomic E-state index is 12.1. The molecule has 0 atom stereocenters. The Labute approximate surface area is 139 Å². The molecule has 0 aromatic heterocycles. The minimum absolute atomic E-state index is 0.281. The molecule has 1 aromatic carbocycles. The molecule has 120 valence electrons. The Hall–Kier alpha value is -1.56.